The quantitative estimate of drug-likeness (QED) is 0.265. The number of hydrogen-bond acceptors (Lipinski definition) is 3. The molecule has 0 bridgehead atoms. The first-order valence-electron chi connectivity index (χ1n) is 10.7. The Morgan fingerprint density at radius 2 is 1.54 bits per heavy atom. The summed E-state index contributed by atoms with van der Waals surface area (Å²) in [6.07, 6.45) is 12.3. The van der Waals surface area contributed by atoms with E-state index in [4.69, 9.17) is 9.47 Å². The fourth-order valence-electron chi connectivity index (χ4n) is 3.14. The summed E-state index contributed by atoms with van der Waals surface area (Å²) in [5.74, 6) is 1.58. The molecule has 3 nitrogen and oxygen atoms in total. The standard InChI is InChI=1S/C25H35NO2/c1-3-4-5-6-7-8-9-13-18-28-24-17-16-23(19-25(24)27-2)21-26-20-22-14-11-10-12-15-22/h10-12,14-17,19,21H,3-9,13,18,20H2,1-2H3. The van der Waals surface area contributed by atoms with Crippen LogP contribution in [0.15, 0.2) is 53.5 Å². The van der Waals surface area contributed by atoms with E-state index in [1.54, 1.807) is 7.11 Å². The van der Waals surface area contributed by atoms with E-state index >= 15 is 0 Å². The molecular formula is C25H35NO2. The van der Waals surface area contributed by atoms with Crippen molar-refractivity contribution >= 4 is 6.21 Å². The van der Waals surface area contributed by atoms with Crippen LogP contribution in [0.3, 0.4) is 0 Å². The van der Waals surface area contributed by atoms with E-state index in [-0.39, 0.29) is 0 Å². The highest BCUT2D eigenvalue weighted by Crippen LogP contribution is 2.28. The lowest BCUT2D eigenvalue weighted by Gasteiger charge is -2.11. The first-order chi connectivity index (χ1) is 13.8. The first-order valence-corrected chi connectivity index (χ1v) is 10.7. The minimum atomic E-state index is 0.680. The maximum atomic E-state index is 5.93. The number of aliphatic imine (C=N–C) groups is 1. The SMILES string of the molecule is CCCCCCCCCCOc1ccc(C=NCc2ccccc2)cc1OC. The van der Waals surface area contributed by atoms with E-state index < -0.39 is 0 Å². The van der Waals surface area contributed by atoms with Gasteiger partial charge in [0.2, 0.25) is 0 Å². The number of ether oxygens (including phenoxy) is 2. The Balaban J connectivity index is 1.71. The van der Waals surface area contributed by atoms with Gasteiger partial charge in [0.15, 0.2) is 11.5 Å². The van der Waals surface area contributed by atoms with Crippen molar-refractivity contribution in [2.75, 3.05) is 13.7 Å². The van der Waals surface area contributed by atoms with Crippen LogP contribution < -0.4 is 9.47 Å². The van der Waals surface area contributed by atoms with E-state index in [1.807, 2.05) is 42.6 Å². The van der Waals surface area contributed by atoms with Crippen molar-refractivity contribution in [1.82, 2.24) is 0 Å². The van der Waals surface area contributed by atoms with Gasteiger partial charge in [-0.15, -0.1) is 0 Å². The molecule has 0 spiro atoms. The molecule has 0 unspecified atom stereocenters. The zero-order valence-electron chi connectivity index (χ0n) is 17.5. The molecule has 2 aromatic rings. The van der Waals surface area contributed by atoms with Gasteiger partial charge in [-0.3, -0.25) is 4.99 Å². The van der Waals surface area contributed by atoms with E-state index in [0.29, 0.717) is 6.54 Å². The van der Waals surface area contributed by atoms with Crippen molar-refractivity contribution in [3.05, 3.63) is 59.7 Å². The molecule has 0 saturated heterocycles. The topological polar surface area (TPSA) is 30.8 Å². The van der Waals surface area contributed by atoms with Crippen LogP contribution in [0.4, 0.5) is 0 Å². The first kappa shape index (κ1) is 22.0. The smallest absolute Gasteiger partial charge is 0.161 e. The summed E-state index contributed by atoms with van der Waals surface area (Å²) < 4.78 is 11.4. The fourth-order valence-corrected chi connectivity index (χ4v) is 3.14. The lowest BCUT2D eigenvalue weighted by molar-refractivity contribution is 0.284. The predicted octanol–water partition coefficient (Wildman–Crippen LogP) is 6.83. The number of methoxy groups -OCH3 is 1. The number of benzene rings is 2. The molecule has 0 aliphatic heterocycles. The zero-order chi connectivity index (χ0) is 19.9. The van der Waals surface area contributed by atoms with Crippen LogP contribution >= 0.6 is 0 Å². The number of rotatable bonds is 14. The summed E-state index contributed by atoms with van der Waals surface area (Å²) in [6.45, 7) is 3.68. The molecule has 0 amide bonds. The Kier molecular flexibility index (Phi) is 10.9. The molecule has 0 aliphatic rings. The minimum absolute atomic E-state index is 0.680. The van der Waals surface area contributed by atoms with Gasteiger partial charge >= 0.3 is 0 Å². The van der Waals surface area contributed by atoms with Crippen molar-refractivity contribution in [3.63, 3.8) is 0 Å². The van der Waals surface area contributed by atoms with Crippen LogP contribution in [0.5, 0.6) is 11.5 Å². The Morgan fingerprint density at radius 1 is 0.821 bits per heavy atom. The molecular weight excluding hydrogens is 346 g/mol. The van der Waals surface area contributed by atoms with Gasteiger partial charge < -0.3 is 9.47 Å². The van der Waals surface area contributed by atoms with Crippen LogP contribution in [0.25, 0.3) is 0 Å². The summed E-state index contributed by atoms with van der Waals surface area (Å²) in [4.78, 5) is 4.52. The third-order valence-electron chi connectivity index (χ3n) is 4.80. The highest BCUT2D eigenvalue weighted by atomic mass is 16.5. The second-order valence-corrected chi connectivity index (χ2v) is 7.19. The monoisotopic (exact) mass is 381 g/mol. The molecule has 0 fully saturated rings. The van der Waals surface area contributed by atoms with Crippen LogP contribution in [0.1, 0.15) is 69.4 Å². The Bertz CT molecular complexity index is 682. The van der Waals surface area contributed by atoms with E-state index in [0.717, 1.165) is 30.1 Å². The molecule has 0 radical (unpaired) electrons. The lowest BCUT2D eigenvalue weighted by Crippen LogP contribution is -2.00. The maximum Gasteiger partial charge on any atom is 0.161 e. The molecule has 0 heterocycles. The van der Waals surface area contributed by atoms with Crippen molar-refractivity contribution in [1.29, 1.82) is 0 Å². The van der Waals surface area contributed by atoms with Crippen LogP contribution in [0, 0.1) is 0 Å². The Morgan fingerprint density at radius 3 is 2.25 bits per heavy atom. The summed E-state index contributed by atoms with van der Waals surface area (Å²) in [5, 5.41) is 0. The van der Waals surface area contributed by atoms with E-state index in [1.165, 1.54) is 50.5 Å². The molecule has 152 valence electrons. The summed E-state index contributed by atoms with van der Waals surface area (Å²) in [6, 6.07) is 16.2. The van der Waals surface area contributed by atoms with Gasteiger partial charge in [0.25, 0.3) is 0 Å². The van der Waals surface area contributed by atoms with Crippen LogP contribution in [-0.2, 0) is 6.54 Å². The largest absolute Gasteiger partial charge is 0.493 e. The maximum absolute atomic E-state index is 5.93. The van der Waals surface area contributed by atoms with Gasteiger partial charge in [0.05, 0.1) is 20.3 Å². The molecule has 2 aromatic carbocycles. The van der Waals surface area contributed by atoms with E-state index in [2.05, 4.69) is 24.0 Å². The van der Waals surface area contributed by atoms with Gasteiger partial charge in [-0.2, -0.15) is 0 Å². The van der Waals surface area contributed by atoms with Crippen molar-refractivity contribution < 1.29 is 9.47 Å². The van der Waals surface area contributed by atoms with Gasteiger partial charge in [-0.05, 0) is 35.7 Å². The molecule has 0 aliphatic carbocycles. The molecule has 2 rings (SSSR count). The summed E-state index contributed by atoms with van der Waals surface area (Å²) >= 11 is 0. The highest BCUT2D eigenvalue weighted by molar-refractivity contribution is 5.80. The number of unbranched alkanes of at least 4 members (excludes halogenated alkanes) is 7. The second kappa shape index (κ2) is 13.8. The number of nitrogens with zero attached hydrogens (tertiary/aromatic N) is 1. The van der Waals surface area contributed by atoms with E-state index in [9.17, 15) is 0 Å². The van der Waals surface area contributed by atoms with Gasteiger partial charge in [-0.1, -0.05) is 82.2 Å². The highest BCUT2D eigenvalue weighted by Gasteiger charge is 2.05. The molecule has 3 heteroatoms. The molecule has 0 aromatic heterocycles. The minimum Gasteiger partial charge on any atom is -0.493 e. The second-order valence-electron chi connectivity index (χ2n) is 7.19. The van der Waals surface area contributed by atoms with Gasteiger partial charge in [0.1, 0.15) is 0 Å². The average Bonchev–Trinajstić information content (AvgIpc) is 2.74. The van der Waals surface area contributed by atoms with Crippen LogP contribution in [0.2, 0.25) is 0 Å². The lowest BCUT2D eigenvalue weighted by atomic mass is 10.1. The third kappa shape index (κ3) is 8.60. The average molecular weight is 382 g/mol. The third-order valence-corrected chi connectivity index (χ3v) is 4.80. The van der Waals surface area contributed by atoms with Crippen molar-refractivity contribution in [2.24, 2.45) is 4.99 Å². The molecule has 0 saturated carbocycles. The fraction of sp³-hybridized carbons (Fsp3) is 0.480. The number of hydrogen-bond donors (Lipinski definition) is 0. The van der Waals surface area contributed by atoms with Gasteiger partial charge in [-0.25, -0.2) is 0 Å². The Labute approximate surface area is 170 Å². The Hall–Kier alpha value is -2.29. The molecule has 0 atom stereocenters. The van der Waals surface area contributed by atoms with Crippen molar-refractivity contribution in [3.8, 4) is 11.5 Å². The van der Waals surface area contributed by atoms with Crippen molar-refractivity contribution in [2.45, 2.75) is 64.8 Å². The summed E-state index contributed by atoms with van der Waals surface area (Å²) in [5.41, 5.74) is 2.23. The normalized spacial score (nSPS) is 11.1. The van der Waals surface area contributed by atoms with Gasteiger partial charge in [0, 0.05) is 6.21 Å². The summed E-state index contributed by atoms with van der Waals surface area (Å²) in [7, 11) is 1.68. The zero-order valence-corrected chi connectivity index (χ0v) is 17.5. The molecule has 28 heavy (non-hydrogen) atoms. The molecule has 0 N–H and O–H groups in total. The van der Waals surface area contributed by atoms with Crippen LogP contribution in [-0.4, -0.2) is 19.9 Å². The predicted molar refractivity (Wildman–Crippen MR) is 119 cm³/mol.